The zero-order chi connectivity index (χ0) is 36.4. The highest BCUT2D eigenvalue weighted by molar-refractivity contribution is 7.92. The van der Waals surface area contributed by atoms with Crippen LogP contribution in [0.1, 0.15) is 66.3 Å². The van der Waals surface area contributed by atoms with Crippen molar-refractivity contribution in [3.05, 3.63) is 83.4 Å². The van der Waals surface area contributed by atoms with Gasteiger partial charge in [0.2, 0.25) is 0 Å². The molecule has 0 bridgehead atoms. The van der Waals surface area contributed by atoms with Crippen LogP contribution < -0.4 is 14.2 Å². The highest BCUT2D eigenvalue weighted by Crippen LogP contribution is 2.30. The van der Waals surface area contributed by atoms with Crippen molar-refractivity contribution in [3.8, 4) is 11.5 Å². The summed E-state index contributed by atoms with van der Waals surface area (Å²) in [4.78, 5) is 29.4. The number of fused-ring (bicyclic) bond motifs is 1. The lowest BCUT2D eigenvalue weighted by Gasteiger charge is -2.36. The number of likely N-dealkylation sites (N-methyl/N-ethyl adjacent to an activating group) is 1. The molecule has 3 N–H and O–H groups in total. The number of anilines is 1. The van der Waals surface area contributed by atoms with E-state index >= 15 is 0 Å². The third-order valence-electron chi connectivity index (χ3n) is 8.82. The zero-order valence-corrected chi connectivity index (χ0v) is 30.2. The van der Waals surface area contributed by atoms with Crippen molar-refractivity contribution in [3.63, 3.8) is 0 Å². The second kappa shape index (κ2) is 17.7. The van der Waals surface area contributed by atoms with E-state index in [4.69, 9.17) is 14.2 Å². The van der Waals surface area contributed by atoms with Crippen LogP contribution >= 0.6 is 0 Å². The van der Waals surface area contributed by atoms with Gasteiger partial charge in [0.15, 0.2) is 0 Å². The van der Waals surface area contributed by atoms with Gasteiger partial charge in [0, 0.05) is 37.8 Å². The van der Waals surface area contributed by atoms with Gasteiger partial charge in [-0.2, -0.15) is 0 Å². The number of amides is 1. The molecule has 0 saturated heterocycles. The first kappa shape index (κ1) is 38.6. The number of nitrogens with zero attached hydrogens (tertiary/aromatic N) is 2. The van der Waals surface area contributed by atoms with Gasteiger partial charge in [0.1, 0.15) is 11.5 Å². The lowest BCUT2D eigenvalue weighted by Crippen LogP contribution is -2.47. The van der Waals surface area contributed by atoms with E-state index in [0.717, 1.165) is 18.4 Å². The van der Waals surface area contributed by atoms with E-state index in [1.165, 1.54) is 25.3 Å². The quantitative estimate of drug-likeness (QED) is 0.244. The molecule has 0 aromatic heterocycles. The maximum absolute atomic E-state index is 14.4. The van der Waals surface area contributed by atoms with Gasteiger partial charge in [-0.3, -0.25) is 14.4 Å². The van der Waals surface area contributed by atoms with Crippen molar-refractivity contribution < 1.29 is 42.4 Å². The fraction of sp³-hybridized carbons (Fsp3) is 0.459. The van der Waals surface area contributed by atoms with E-state index in [2.05, 4.69) is 9.62 Å². The number of methoxy groups -OCH3 is 1. The molecule has 1 aliphatic heterocycles. The van der Waals surface area contributed by atoms with E-state index in [0.29, 0.717) is 37.6 Å². The number of benzene rings is 3. The fourth-order valence-corrected chi connectivity index (χ4v) is 6.90. The Morgan fingerprint density at radius 2 is 1.78 bits per heavy atom. The number of sulfonamides is 1. The van der Waals surface area contributed by atoms with E-state index in [-0.39, 0.29) is 53.0 Å². The minimum absolute atomic E-state index is 0.0345. The summed E-state index contributed by atoms with van der Waals surface area (Å²) in [5, 5.41) is 19.5. The van der Waals surface area contributed by atoms with Crippen LogP contribution in [0, 0.1) is 5.92 Å². The number of hydrogen-bond donors (Lipinski definition) is 3. The van der Waals surface area contributed by atoms with Gasteiger partial charge in [-0.25, -0.2) is 13.2 Å². The first-order valence-corrected chi connectivity index (χ1v) is 18.3. The second-order valence-corrected chi connectivity index (χ2v) is 14.7. The van der Waals surface area contributed by atoms with Crippen molar-refractivity contribution in [2.24, 2.45) is 5.92 Å². The molecule has 0 fully saturated rings. The Labute approximate surface area is 295 Å². The molecule has 3 aromatic carbocycles. The van der Waals surface area contributed by atoms with Gasteiger partial charge < -0.3 is 29.3 Å². The van der Waals surface area contributed by atoms with Crippen LogP contribution in [0.2, 0.25) is 0 Å². The van der Waals surface area contributed by atoms with Crippen molar-refractivity contribution in [1.29, 1.82) is 0 Å². The molecule has 1 amide bonds. The molecule has 0 saturated carbocycles. The Morgan fingerprint density at radius 3 is 2.42 bits per heavy atom. The molecule has 1 aliphatic rings. The molecule has 4 rings (SSSR count). The Bertz CT molecular complexity index is 1680. The summed E-state index contributed by atoms with van der Waals surface area (Å²) in [6.07, 6.45) is 1.87. The molecule has 3 aromatic rings. The van der Waals surface area contributed by atoms with Gasteiger partial charge in [0.05, 0.1) is 48.0 Å². The Hall–Kier alpha value is -4.17. The van der Waals surface area contributed by atoms with E-state index in [1.807, 2.05) is 20.9 Å². The average Bonchev–Trinajstić information content (AvgIpc) is 3.09. The number of aliphatic hydroxyl groups excluding tert-OH is 1. The zero-order valence-electron chi connectivity index (χ0n) is 29.4. The van der Waals surface area contributed by atoms with Crippen molar-refractivity contribution in [1.82, 2.24) is 9.80 Å². The predicted molar refractivity (Wildman–Crippen MR) is 190 cm³/mol. The summed E-state index contributed by atoms with van der Waals surface area (Å²) >= 11 is 0. The second-order valence-electron chi connectivity index (χ2n) is 13.0. The minimum atomic E-state index is -3.99. The maximum atomic E-state index is 14.4. The average molecular weight is 712 g/mol. The van der Waals surface area contributed by atoms with Gasteiger partial charge in [-0.05, 0) is 100 Å². The van der Waals surface area contributed by atoms with Crippen LogP contribution in [0.15, 0.2) is 71.6 Å². The predicted octanol–water partition coefficient (Wildman–Crippen LogP) is 5.12. The number of aliphatic hydroxyl groups is 1. The van der Waals surface area contributed by atoms with Crippen molar-refractivity contribution in [2.45, 2.75) is 69.7 Å². The van der Waals surface area contributed by atoms with Gasteiger partial charge >= 0.3 is 5.97 Å². The minimum Gasteiger partial charge on any atom is -0.497 e. The third-order valence-corrected chi connectivity index (χ3v) is 10.2. The summed E-state index contributed by atoms with van der Waals surface area (Å²) in [6.45, 7) is 7.31. The van der Waals surface area contributed by atoms with Crippen LogP contribution in [0.5, 0.6) is 11.5 Å². The Morgan fingerprint density at radius 1 is 1.08 bits per heavy atom. The third kappa shape index (κ3) is 10.4. The van der Waals surface area contributed by atoms with E-state index in [1.54, 1.807) is 60.4 Å². The van der Waals surface area contributed by atoms with Crippen LogP contribution in [0.4, 0.5) is 5.69 Å². The molecule has 50 heavy (non-hydrogen) atoms. The maximum Gasteiger partial charge on any atom is 0.335 e. The summed E-state index contributed by atoms with van der Waals surface area (Å²) in [7, 11) is -0.527. The highest BCUT2D eigenvalue weighted by atomic mass is 32.2. The molecule has 1 heterocycles. The van der Waals surface area contributed by atoms with E-state index < -0.39 is 27.9 Å². The SMILES string of the molecule is COc1ccc(S(=O)(=O)Nc2ccc3c(c2)C(=O)N([C@@H](C)CO)C[C@@H](C)[C@@H](CN(C)Cc2ccc(C(=O)O)cc2)OCCCC[C@@H](C)O3)cc1. The highest BCUT2D eigenvalue weighted by Gasteiger charge is 2.31. The van der Waals surface area contributed by atoms with Crippen LogP contribution in [0.3, 0.4) is 0 Å². The molecule has 12 nitrogen and oxygen atoms in total. The van der Waals surface area contributed by atoms with Crippen molar-refractivity contribution >= 4 is 27.6 Å². The number of hydrogen-bond acceptors (Lipinski definition) is 9. The monoisotopic (exact) mass is 711 g/mol. The van der Waals surface area contributed by atoms with Gasteiger partial charge in [0.25, 0.3) is 15.9 Å². The first-order valence-electron chi connectivity index (χ1n) is 16.8. The molecule has 0 unspecified atom stereocenters. The smallest absolute Gasteiger partial charge is 0.335 e. The number of carbonyl (C=O) groups is 2. The number of carbonyl (C=O) groups excluding carboxylic acids is 1. The lowest BCUT2D eigenvalue weighted by molar-refractivity contribution is -0.0177. The summed E-state index contributed by atoms with van der Waals surface area (Å²) in [6, 6.07) is 16.9. The van der Waals surface area contributed by atoms with Gasteiger partial charge in [-0.15, -0.1) is 0 Å². The van der Waals surface area contributed by atoms with Crippen LogP contribution in [-0.2, 0) is 21.3 Å². The molecule has 0 radical (unpaired) electrons. The molecule has 0 aliphatic carbocycles. The molecule has 13 heteroatoms. The number of rotatable bonds is 11. The number of ether oxygens (including phenoxy) is 3. The normalized spacial score (nSPS) is 19.9. The number of carboxylic acids is 1. The summed E-state index contributed by atoms with van der Waals surface area (Å²) in [5.74, 6) is -0.693. The number of carboxylic acid groups (broad SMARTS) is 1. The Kier molecular flexibility index (Phi) is 13.6. The van der Waals surface area contributed by atoms with Crippen molar-refractivity contribution in [2.75, 3.05) is 45.2 Å². The molecule has 272 valence electrons. The summed E-state index contributed by atoms with van der Waals surface area (Å²) in [5.41, 5.74) is 1.55. The lowest BCUT2D eigenvalue weighted by atomic mass is 10.0. The largest absolute Gasteiger partial charge is 0.497 e. The number of nitrogens with one attached hydrogen (secondary N) is 1. The fourth-order valence-electron chi connectivity index (χ4n) is 5.85. The first-order chi connectivity index (χ1) is 23.8. The Balaban J connectivity index is 1.61. The number of aromatic carboxylic acids is 1. The molecule has 4 atom stereocenters. The van der Waals surface area contributed by atoms with E-state index in [9.17, 15) is 28.2 Å². The van der Waals surface area contributed by atoms with Crippen LogP contribution in [-0.4, -0.2) is 99.0 Å². The molecular formula is C37H49N3O9S. The van der Waals surface area contributed by atoms with Gasteiger partial charge in [-0.1, -0.05) is 19.1 Å². The topological polar surface area (TPSA) is 155 Å². The molecule has 0 spiro atoms. The standard InChI is InChI=1S/C37H49N3O9S/c1-25-21-40(26(2)24-41)36(42)33-20-30(38-50(45,46)32-16-14-31(47-5)15-17-32)13-18-34(33)49-27(3)8-6-7-19-48-35(25)23-39(4)22-28-9-11-29(12-10-28)37(43)44/h9-18,20,25-27,35,38,41H,6-8,19,21-24H2,1-5H3,(H,43,44)/t25-,26+,27-,35-/m1/s1. The summed E-state index contributed by atoms with van der Waals surface area (Å²) < 4.78 is 47.0. The van der Waals surface area contributed by atoms with Crippen LogP contribution in [0.25, 0.3) is 0 Å². The molecular weight excluding hydrogens is 662 g/mol.